The van der Waals surface area contributed by atoms with Crippen LogP contribution in [-0.4, -0.2) is 39.0 Å². The number of amides is 1. The number of hydrogen-bond donors (Lipinski definition) is 1. The van der Waals surface area contributed by atoms with E-state index >= 15 is 0 Å². The molecule has 3 aromatic rings. The highest BCUT2D eigenvalue weighted by molar-refractivity contribution is 7.99. The van der Waals surface area contributed by atoms with E-state index in [9.17, 15) is 9.59 Å². The second-order valence-electron chi connectivity index (χ2n) is 7.35. The van der Waals surface area contributed by atoms with Gasteiger partial charge in [0.15, 0.2) is 11.0 Å². The maximum Gasteiger partial charge on any atom is 0.341 e. The fourth-order valence-electron chi connectivity index (χ4n) is 3.60. The first-order valence-corrected chi connectivity index (χ1v) is 12.0. The van der Waals surface area contributed by atoms with Crippen LogP contribution in [0.1, 0.15) is 39.7 Å². The fraction of sp³-hybridized carbons (Fsp3) is 0.364. The van der Waals surface area contributed by atoms with Gasteiger partial charge in [-0.25, -0.2) is 4.79 Å². The summed E-state index contributed by atoms with van der Waals surface area (Å²) in [5.74, 6) is 0.378. The molecule has 1 amide bonds. The normalized spacial score (nSPS) is 12.6. The quantitative estimate of drug-likeness (QED) is 0.423. The topological polar surface area (TPSA) is 86.1 Å². The Morgan fingerprint density at radius 1 is 1.23 bits per heavy atom. The zero-order valence-electron chi connectivity index (χ0n) is 17.7. The van der Waals surface area contributed by atoms with Gasteiger partial charge in [-0.05, 0) is 38.7 Å². The highest BCUT2D eigenvalue weighted by Crippen LogP contribution is 2.39. The van der Waals surface area contributed by atoms with E-state index < -0.39 is 0 Å². The zero-order chi connectivity index (χ0) is 22.0. The Bertz CT molecular complexity index is 1120. The Hall–Kier alpha value is -2.65. The number of nitrogens with one attached hydrogen (secondary N) is 1. The summed E-state index contributed by atoms with van der Waals surface area (Å²) in [6.45, 7) is 4.13. The Labute approximate surface area is 189 Å². The van der Waals surface area contributed by atoms with Gasteiger partial charge >= 0.3 is 5.97 Å². The second-order valence-corrected chi connectivity index (χ2v) is 9.40. The number of nitrogens with zero attached hydrogens (tertiary/aromatic N) is 3. The van der Waals surface area contributed by atoms with Crippen molar-refractivity contribution in [2.45, 2.75) is 38.3 Å². The third-order valence-corrected chi connectivity index (χ3v) is 7.36. The second kappa shape index (κ2) is 9.23. The number of esters is 1. The molecule has 1 aliphatic rings. The van der Waals surface area contributed by atoms with E-state index in [1.807, 2.05) is 42.8 Å². The van der Waals surface area contributed by atoms with Crippen molar-refractivity contribution in [2.24, 2.45) is 7.05 Å². The predicted octanol–water partition coefficient (Wildman–Crippen LogP) is 4.25. The van der Waals surface area contributed by atoms with Gasteiger partial charge in [0.1, 0.15) is 5.00 Å². The lowest BCUT2D eigenvalue weighted by Crippen LogP contribution is -2.17. The number of hydrogen-bond acceptors (Lipinski definition) is 7. The molecule has 7 nitrogen and oxygen atoms in total. The number of benzene rings is 1. The van der Waals surface area contributed by atoms with E-state index in [-0.39, 0.29) is 17.6 Å². The van der Waals surface area contributed by atoms with Crippen LogP contribution in [0, 0.1) is 6.92 Å². The molecule has 9 heteroatoms. The Kier molecular flexibility index (Phi) is 6.43. The third-order valence-electron chi connectivity index (χ3n) is 5.13. The largest absolute Gasteiger partial charge is 0.462 e. The van der Waals surface area contributed by atoms with E-state index in [4.69, 9.17) is 4.74 Å². The average Bonchev–Trinajstić information content (AvgIpc) is 3.42. The summed E-state index contributed by atoms with van der Waals surface area (Å²) in [7, 11) is 1.89. The molecule has 0 atom stereocenters. The molecule has 162 valence electrons. The number of thiophene rings is 1. The summed E-state index contributed by atoms with van der Waals surface area (Å²) in [4.78, 5) is 26.3. The summed E-state index contributed by atoms with van der Waals surface area (Å²) in [6, 6.07) is 8.08. The number of carbonyl (C=O) groups excluding carboxylic acids is 2. The summed E-state index contributed by atoms with van der Waals surface area (Å²) in [6.07, 6.45) is 2.83. The molecule has 2 aromatic heterocycles. The van der Waals surface area contributed by atoms with Gasteiger partial charge in [0.05, 0.1) is 17.9 Å². The number of fused-ring (bicyclic) bond motifs is 1. The molecular weight excluding hydrogens is 432 g/mol. The van der Waals surface area contributed by atoms with Gasteiger partial charge in [-0.15, -0.1) is 21.5 Å². The number of carbonyl (C=O) groups is 2. The van der Waals surface area contributed by atoms with Crippen molar-refractivity contribution < 1.29 is 14.3 Å². The van der Waals surface area contributed by atoms with E-state index in [0.717, 1.165) is 36.2 Å². The van der Waals surface area contributed by atoms with Crippen LogP contribution in [0.15, 0.2) is 29.4 Å². The minimum absolute atomic E-state index is 0.171. The molecule has 1 aromatic carbocycles. The van der Waals surface area contributed by atoms with E-state index in [1.165, 1.54) is 33.5 Å². The molecule has 0 bridgehead atoms. The number of thioether (sulfide) groups is 1. The number of rotatable bonds is 7. The van der Waals surface area contributed by atoms with Crippen LogP contribution >= 0.6 is 23.1 Å². The predicted molar refractivity (Wildman–Crippen MR) is 123 cm³/mol. The molecule has 0 spiro atoms. The van der Waals surface area contributed by atoms with Crippen molar-refractivity contribution in [1.82, 2.24) is 14.8 Å². The maximum absolute atomic E-state index is 12.6. The standard InChI is InChI=1S/C22H24N4O3S2/c1-4-29-21(28)18-15-6-5-7-16(15)31-20(18)23-17(27)12-30-22-25-24-19(26(22)3)14-10-8-13(2)9-11-14/h8-11H,4-7,12H2,1-3H3,(H,23,27). The number of ether oxygens (including phenoxy) is 1. The van der Waals surface area contributed by atoms with Crippen LogP contribution in [-0.2, 0) is 29.4 Å². The minimum Gasteiger partial charge on any atom is -0.462 e. The Balaban J connectivity index is 1.44. The maximum atomic E-state index is 12.6. The molecular formula is C22H24N4O3S2. The molecule has 1 aliphatic carbocycles. The van der Waals surface area contributed by atoms with Crippen LogP contribution < -0.4 is 5.32 Å². The fourth-order valence-corrected chi connectivity index (χ4v) is 5.60. The lowest BCUT2D eigenvalue weighted by molar-refractivity contribution is -0.113. The van der Waals surface area contributed by atoms with Gasteiger partial charge in [-0.1, -0.05) is 41.6 Å². The molecule has 0 fully saturated rings. The molecule has 4 rings (SSSR count). The molecule has 2 heterocycles. The summed E-state index contributed by atoms with van der Waals surface area (Å²) >= 11 is 2.80. The van der Waals surface area contributed by atoms with E-state index in [1.54, 1.807) is 6.92 Å². The Morgan fingerprint density at radius 3 is 2.74 bits per heavy atom. The third kappa shape index (κ3) is 4.52. The Morgan fingerprint density at radius 2 is 2.00 bits per heavy atom. The van der Waals surface area contributed by atoms with Gasteiger partial charge in [0, 0.05) is 17.5 Å². The van der Waals surface area contributed by atoms with Crippen molar-refractivity contribution in [2.75, 3.05) is 17.7 Å². The first-order valence-electron chi connectivity index (χ1n) is 10.2. The van der Waals surface area contributed by atoms with E-state index in [2.05, 4.69) is 15.5 Å². The number of anilines is 1. The highest BCUT2D eigenvalue weighted by atomic mass is 32.2. The van der Waals surface area contributed by atoms with E-state index in [0.29, 0.717) is 22.3 Å². The van der Waals surface area contributed by atoms with Crippen LogP contribution in [0.25, 0.3) is 11.4 Å². The van der Waals surface area contributed by atoms with Gasteiger partial charge < -0.3 is 14.6 Å². The van der Waals surface area contributed by atoms with Crippen molar-refractivity contribution in [3.05, 3.63) is 45.8 Å². The molecule has 0 saturated carbocycles. The first kappa shape index (κ1) is 21.6. The summed E-state index contributed by atoms with van der Waals surface area (Å²) in [5.41, 5.74) is 3.71. The first-order chi connectivity index (χ1) is 15.0. The summed E-state index contributed by atoms with van der Waals surface area (Å²) in [5, 5.41) is 12.7. The lowest BCUT2D eigenvalue weighted by Gasteiger charge is -2.08. The van der Waals surface area contributed by atoms with Crippen molar-refractivity contribution in [3.8, 4) is 11.4 Å². The van der Waals surface area contributed by atoms with Gasteiger partial charge in [0.25, 0.3) is 0 Å². The number of aryl methyl sites for hydroxylation is 2. The van der Waals surface area contributed by atoms with Crippen LogP contribution in [0.2, 0.25) is 0 Å². The van der Waals surface area contributed by atoms with Gasteiger partial charge in [-0.2, -0.15) is 0 Å². The van der Waals surface area contributed by atoms with Gasteiger partial charge in [0.2, 0.25) is 5.91 Å². The molecule has 0 unspecified atom stereocenters. The molecule has 0 saturated heterocycles. The summed E-state index contributed by atoms with van der Waals surface area (Å²) < 4.78 is 7.10. The monoisotopic (exact) mass is 456 g/mol. The molecule has 0 aliphatic heterocycles. The molecule has 31 heavy (non-hydrogen) atoms. The molecule has 1 N–H and O–H groups in total. The zero-order valence-corrected chi connectivity index (χ0v) is 19.4. The molecule has 0 radical (unpaired) electrons. The minimum atomic E-state index is -0.360. The SMILES string of the molecule is CCOC(=O)c1c(NC(=O)CSc2nnc(-c3ccc(C)cc3)n2C)sc2c1CCC2. The van der Waals surface area contributed by atoms with Crippen molar-refractivity contribution >= 4 is 40.0 Å². The number of aromatic nitrogens is 3. The van der Waals surface area contributed by atoms with Crippen molar-refractivity contribution in [3.63, 3.8) is 0 Å². The van der Waals surface area contributed by atoms with Crippen molar-refractivity contribution in [1.29, 1.82) is 0 Å². The highest BCUT2D eigenvalue weighted by Gasteiger charge is 2.28. The van der Waals surface area contributed by atoms with Crippen LogP contribution in [0.5, 0.6) is 0 Å². The van der Waals surface area contributed by atoms with Crippen LogP contribution in [0.3, 0.4) is 0 Å². The van der Waals surface area contributed by atoms with Gasteiger partial charge in [-0.3, -0.25) is 4.79 Å². The lowest BCUT2D eigenvalue weighted by atomic mass is 10.1. The van der Waals surface area contributed by atoms with Crippen LogP contribution in [0.4, 0.5) is 5.00 Å². The smallest absolute Gasteiger partial charge is 0.341 e. The average molecular weight is 457 g/mol.